The molecule has 2 N–H and O–H groups in total. The van der Waals surface area contributed by atoms with Crippen molar-refractivity contribution in [2.75, 3.05) is 0 Å². The minimum Gasteiger partial charge on any atom is -0.459 e. The van der Waals surface area contributed by atoms with Gasteiger partial charge in [0.25, 0.3) is 0 Å². The van der Waals surface area contributed by atoms with E-state index < -0.39 is 12.0 Å². The standard InChI is InChI=1S/C17H20Cl2N2O3/c1-4-5-13-14(16(22)24-9(2)3)15(21-17(23)20-13)11-7-6-10(18)8-12(11)19/h6-9,15H,4-5H2,1-3H3,(H2,20,21,23). The van der Waals surface area contributed by atoms with Gasteiger partial charge in [0.15, 0.2) is 0 Å². The predicted octanol–water partition coefficient (Wildman–Crippen LogP) is 4.35. The van der Waals surface area contributed by atoms with Crippen LogP contribution in [0.5, 0.6) is 0 Å². The van der Waals surface area contributed by atoms with Crippen molar-refractivity contribution in [3.05, 3.63) is 45.1 Å². The summed E-state index contributed by atoms with van der Waals surface area (Å²) >= 11 is 12.2. The number of esters is 1. The lowest BCUT2D eigenvalue weighted by Crippen LogP contribution is -2.46. The number of halogens is 2. The van der Waals surface area contributed by atoms with Crippen molar-refractivity contribution in [2.24, 2.45) is 0 Å². The number of allylic oxidation sites excluding steroid dienone is 1. The van der Waals surface area contributed by atoms with E-state index in [9.17, 15) is 9.59 Å². The Morgan fingerprint density at radius 3 is 2.62 bits per heavy atom. The average Bonchev–Trinajstić information content (AvgIpc) is 2.46. The van der Waals surface area contributed by atoms with Crippen molar-refractivity contribution >= 4 is 35.2 Å². The molecule has 2 amide bonds. The van der Waals surface area contributed by atoms with Gasteiger partial charge in [0.2, 0.25) is 0 Å². The highest BCUT2D eigenvalue weighted by Crippen LogP contribution is 2.34. The molecule has 1 aromatic carbocycles. The molecule has 0 radical (unpaired) electrons. The highest BCUT2D eigenvalue weighted by Gasteiger charge is 2.34. The van der Waals surface area contributed by atoms with Gasteiger partial charge in [0, 0.05) is 15.7 Å². The third-order valence-electron chi connectivity index (χ3n) is 3.49. The van der Waals surface area contributed by atoms with Crippen LogP contribution in [0.2, 0.25) is 10.0 Å². The predicted molar refractivity (Wildman–Crippen MR) is 94.0 cm³/mol. The van der Waals surface area contributed by atoms with Crippen LogP contribution in [0.3, 0.4) is 0 Å². The first-order chi connectivity index (χ1) is 11.3. The summed E-state index contributed by atoms with van der Waals surface area (Å²) in [7, 11) is 0. The second-order valence-corrected chi connectivity index (χ2v) is 6.64. The second kappa shape index (κ2) is 7.90. The van der Waals surface area contributed by atoms with Gasteiger partial charge < -0.3 is 15.4 Å². The maximum absolute atomic E-state index is 12.6. The van der Waals surface area contributed by atoms with Crippen LogP contribution in [-0.4, -0.2) is 18.1 Å². The van der Waals surface area contributed by atoms with Crippen LogP contribution in [0.4, 0.5) is 4.79 Å². The summed E-state index contributed by atoms with van der Waals surface area (Å²) in [5.41, 5.74) is 1.53. The minimum absolute atomic E-state index is 0.271. The molecule has 24 heavy (non-hydrogen) atoms. The Hall–Kier alpha value is -1.72. The van der Waals surface area contributed by atoms with E-state index >= 15 is 0 Å². The van der Waals surface area contributed by atoms with Gasteiger partial charge in [-0.3, -0.25) is 0 Å². The van der Waals surface area contributed by atoms with Crippen LogP contribution >= 0.6 is 23.2 Å². The third-order valence-corrected chi connectivity index (χ3v) is 4.05. The van der Waals surface area contributed by atoms with Gasteiger partial charge in [0.05, 0.1) is 17.7 Å². The SMILES string of the molecule is CCCC1=C(C(=O)OC(C)C)C(c2ccc(Cl)cc2Cl)NC(=O)N1. The molecule has 7 heteroatoms. The van der Waals surface area contributed by atoms with Crippen molar-refractivity contribution in [1.82, 2.24) is 10.6 Å². The van der Waals surface area contributed by atoms with Crippen molar-refractivity contribution in [2.45, 2.75) is 45.8 Å². The van der Waals surface area contributed by atoms with E-state index in [0.29, 0.717) is 33.3 Å². The molecule has 0 bridgehead atoms. The fourth-order valence-electron chi connectivity index (χ4n) is 2.55. The van der Waals surface area contributed by atoms with E-state index in [1.165, 1.54) is 0 Å². The molecule has 1 aliphatic rings. The summed E-state index contributed by atoms with van der Waals surface area (Å²) in [6.45, 7) is 5.52. The molecule has 1 heterocycles. The molecule has 1 unspecified atom stereocenters. The monoisotopic (exact) mass is 370 g/mol. The Morgan fingerprint density at radius 1 is 1.33 bits per heavy atom. The average molecular weight is 371 g/mol. The molecule has 1 aliphatic heterocycles. The summed E-state index contributed by atoms with van der Waals surface area (Å²) in [6, 6.07) is 3.89. The number of nitrogens with one attached hydrogen (secondary N) is 2. The molecule has 0 aromatic heterocycles. The second-order valence-electron chi connectivity index (χ2n) is 5.79. The Labute approximate surface area is 151 Å². The summed E-state index contributed by atoms with van der Waals surface area (Å²) in [4.78, 5) is 24.6. The number of carbonyl (C=O) groups excluding carboxylic acids is 2. The maximum Gasteiger partial charge on any atom is 0.338 e. The normalized spacial score (nSPS) is 17.6. The van der Waals surface area contributed by atoms with E-state index in [1.807, 2.05) is 6.92 Å². The van der Waals surface area contributed by atoms with Crippen molar-refractivity contribution < 1.29 is 14.3 Å². The van der Waals surface area contributed by atoms with Crippen LogP contribution in [0.15, 0.2) is 29.5 Å². The molecule has 0 spiro atoms. The fourth-order valence-corrected chi connectivity index (χ4v) is 3.07. The number of urea groups is 1. The molecule has 0 fully saturated rings. The smallest absolute Gasteiger partial charge is 0.338 e. The molecule has 2 rings (SSSR count). The Kier molecular flexibility index (Phi) is 6.13. The van der Waals surface area contributed by atoms with Gasteiger partial charge in [0.1, 0.15) is 0 Å². The lowest BCUT2D eigenvalue weighted by molar-refractivity contribution is -0.143. The van der Waals surface area contributed by atoms with Gasteiger partial charge >= 0.3 is 12.0 Å². The van der Waals surface area contributed by atoms with Crippen LogP contribution in [0.25, 0.3) is 0 Å². The van der Waals surface area contributed by atoms with Gasteiger partial charge in [-0.15, -0.1) is 0 Å². The van der Waals surface area contributed by atoms with Gasteiger partial charge in [-0.1, -0.05) is 42.6 Å². The summed E-state index contributed by atoms with van der Waals surface area (Å²) < 4.78 is 5.36. The number of amides is 2. The van der Waals surface area contributed by atoms with Crippen LogP contribution in [0, 0.1) is 0 Å². The molecule has 0 saturated carbocycles. The summed E-state index contributed by atoms with van der Waals surface area (Å²) in [5, 5.41) is 6.32. The number of hydrogen-bond donors (Lipinski definition) is 2. The molecule has 5 nitrogen and oxygen atoms in total. The first kappa shape index (κ1) is 18.6. The first-order valence-corrected chi connectivity index (χ1v) is 8.55. The van der Waals surface area contributed by atoms with Crippen LogP contribution in [0.1, 0.15) is 45.2 Å². The summed E-state index contributed by atoms with van der Waals surface area (Å²) in [5.74, 6) is -0.475. The number of benzene rings is 1. The van der Waals surface area contributed by atoms with Gasteiger partial charge in [-0.2, -0.15) is 0 Å². The molecular formula is C17H20Cl2N2O3. The van der Waals surface area contributed by atoms with E-state index in [-0.39, 0.29) is 12.1 Å². The molecular weight excluding hydrogens is 351 g/mol. The topological polar surface area (TPSA) is 67.4 Å². The lowest BCUT2D eigenvalue weighted by Gasteiger charge is -2.30. The zero-order valence-corrected chi connectivity index (χ0v) is 15.3. The van der Waals surface area contributed by atoms with Gasteiger partial charge in [-0.05, 0) is 38.0 Å². The van der Waals surface area contributed by atoms with Crippen molar-refractivity contribution in [3.8, 4) is 0 Å². The zero-order valence-electron chi connectivity index (χ0n) is 13.8. The van der Waals surface area contributed by atoms with Gasteiger partial charge in [-0.25, -0.2) is 9.59 Å². The van der Waals surface area contributed by atoms with Crippen molar-refractivity contribution in [3.63, 3.8) is 0 Å². The number of rotatable bonds is 5. The highest BCUT2D eigenvalue weighted by atomic mass is 35.5. The van der Waals surface area contributed by atoms with Crippen LogP contribution < -0.4 is 10.6 Å². The fraction of sp³-hybridized carbons (Fsp3) is 0.412. The lowest BCUT2D eigenvalue weighted by atomic mass is 9.93. The molecule has 1 atom stereocenters. The largest absolute Gasteiger partial charge is 0.459 e. The van der Waals surface area contributed by atoms with Crippen LogP contribution in [-0.2, 0) is 9.53 Å². The molecule has 1 aromatic rings. The van der Waals surface area contributed by atoms with E-state index in [0.717, 1.165) is 6.42 Å². The van der Waals surface area contributed by atoms with E-state index in [2.05, 4.69) is 10.6 Å². The first-order valence-electron chi connectivity index (χ1n) is 7.80. The maximum atomic E-state index is 12.6. The third kappa shape index (κ3) is 4.22. The quantitative estimate of drug-likeness (QED) is 0.756. The van der Waals surface area contributed by atoms with E-state index in [1.54, 1.807) is 32.0 Å². The molecule has 130 valence electrons. The Bertz CT molecular complexity index is 686. The zero-order chi connectivity index (χ0) is 17.9. The van der Waals surface area contributed by atoms with Crippen molar-refractivity contribution in [1.29, 1.82) is 0 Å². The highest BCUT2D eigenvalue weighted by molar-refractivity contribution is 6.35. The molecule has 0 saturated heterocycles. The Balaban J connectivity index is 2.54. The Morgan fingerprint density at radius 2 is 2.04 bits per heavy atom. The number of ether oxygens (including phenoxy) is 1. The number of hydrogen-bond acceptors (Lipinski definition) is 3. The molecule has 0 aliphatic carbocycles. The number of carbonyl (C=O) groups is 2. The summed E-state index contributed by atoms with van der Waals surface area (Å²) in [6.07, 6.45) is 1.05. The van der Waals surface area contributed by atoms with E-state index in [4.69, 9.17) is 27.9 Å². The minimum atomic E-state index is -0.684.